The van der Waals surface area contributed by atoms with Crippen LogP contribution in [0.3, 0.4) is 0 Å². The van der Waals surface area contributed by atoms with Crippen molar-refractivity contribution in [2.45, 2.75) is 19.8 Å². The number of carboxylic acid groups (broad SMARTS) is 1. The van der Waals surface area contributed by atoms with Crippen LogP contribution in [0.15, 0.2) is 11.0 Å². The summed E-state index contributed by atoms with van der Waals surface area (Å²) in [6, 6.07) is 0. The molecule has 0 bridgehead atoms. The predicted molar refractivity (Wildman–Crippen MR) is 114 cm³/mol. The number of H-pyrrole nitrogens is 1. The molecule has 30 heavy (non-hydrogen) atoms. The molecular weight excluding hydrogens is 391 g/mol. The van der Waals surface area contributed by atoms with Gasteiger partial charge in [0, 0.05) is 44.5 Å². The third kappa shape index (κ3) is 4.94. The topological polar surface area (TPSA) is 128 Å². The van der Waals surface area contributed by atoms with Crippen molar-refractivity contribution in [1.82, 2.24) is 19.8 Å². The zero-order valence-corrected chi connectivity index (χ0v) is 17.2. The molecule has 0 amide bonds. The quantitative estimate of drug-likeness (QED) is 0.440. The SMILES string of the molecule is Cc1c(F)c(NCCCN2CCN(CCCN)CC2)nc2[nH]cc(C(=O)O)c(=O)c12. The summed E-state index contributed by atoms with van der Waals surface area (Å²) in [5.41, 5.74) is 4.64. The molecular formula is C20H29FN6O3. The number of aryl methyl sites for hydroxylation is 1. The van der Waals surface area contributed by atoms with Gasteiger partial charge in [0.25, 0.3) is 0 Å². The van der Waals surface area contributed by atoms with Gasteiger partial charge < -0.3 is 30.9 Å². The van der Waals surface area contributed by atoms with E-state index in [1.54, 1.807) is 0 Å². The number of nitrogens with one attached hydrogen (secondary N) is 2. The third-order valence-electron chi connectivity index (χ3n) is 5.51. The maximum absolute atomic E-state index is 14.7. The summed E-state index contributed by atoms with van der Waals surface area (Å²) in [6.07, 6.45) is 2.94. The Morgan fingerprint density at radius 1 is 1.27 bits per heavy atom. The summed E-state index contributed by atoms with van der Waals surface area (Å²) in [5, 5.41) is 12.1. The number of rotatable bonds is 9. The van der Waals surface area contributed by atoms with Gasteiger partial charge in [0.2, 0.25) is 5.43 Å². The van der Waals surface area contributed by atoms with E-state index in [0.717, 1.165) is 64.9 Å². The van der Waals surface area contributed by atoms with Gasteiger partial charge in [0.15, 0.2) is 11.6 Å². The van der Waals surface area contributed by atoms with E-state index in [-0.39, 0.29) is 22.4 Å². The molecule has 5 N–H and O–H groups in total. The Balaban J connectivity index is 1.57. The lowest BCUT2D eigenvalue weighted by Gasteiger charge is -2.34. The van der Waals surface area contributed by atoms with Gasteiger partial charge in [-0.3, -0.25) is 4.79 Å². The highest BCUT2D eigenvalue weighted by atomic mass is 19.1. The summed E-state index contributed by atoms with van der Waals surface area (Å²) in [5.74, 6) is -1.94. The minimum Gasteiger partial charge on any atom is -0.477 e. The fourth-order valence-corrected chi connectivity index (χ4v) is 3.74. The first-order chi connectivity index (χ1) is 14.4. The lowest BCUT2D eigenvalue weighted by atomic mass is 10.1. The molecule has 0 unspecified atom stereocenters. The molecule has 164 valence electrons. The van der Waals surface area contributed by atoms with Crippen LogP contribution >= 0.6 is 0 Å². The van der Waals surface area contributed by atoms with Crippen LogP contribution in [-0.2, 0) is 0 Å². The lowest BCUT2D eigenvalue weighted by Crippen LogP contribution is -2.47. The Kier molecular flexibility index (Phi) is 7.35. The molecule has 2 aromatic rings. The van der Waals surface area contributed by atoms with E-state index in [2.05, 4.69) is 25.1 Å². The standard InChI is InChI=1S/C20H29FN6O3/c1-13-15-17(28)14(20(29)30)12-24-18(15)25-19(16(13)21)23-5-3-7-27-10-8-26(9-11-27)6-2-4-22/h12H,2-11,22H2,1H3,(H,29,30)(H2,23,24,25,28). The van der Waals surface area contributed by atoms with Crippen molar-refractivity contribution in [3.8, 4) is 0 Å². The van der Waals surface area contributed by atoms with Gasteiger partial charge in [-0.05, 0) is 39.4 Å². The average molecular weight is 420 g/mol. The van der Waals surface area contributed by atoms with Gasteiger partial charge >= 0.3 is 5.97 Å². The third-order valence-corrected chi connectivity index (χ3v) is 5.51. The smallest absolute Gasteiger partial charge is 0.341 e. The first-order valence-electron chi connectivity index (χ1n) is 10.3. The summed E-state index contributed by atoms with van der Waals surface area (Å²) < 4.78 is 14.7. The van der Waals surface area contributed by atoms with Gasteiger partial charge in [-0.2, -0.15) is 0 Å². The molecule has 1 fully saturated rings. The second kappa shape index (κ2) is 9.96. The Morgan fingerprint density at radius 3 is 2.50 bits per heavy atom. The molecule has 1 saturated heterocycles. The molecule has 1 aliphatic rings. The van der Waals surface area contributed by atoms with Crippen LogP contribution in [0.5, 0.6) is 0 Å². The number of carbonyl (C=O) groups is 1. The molecule has 0 aromatic carbocycles. The lowest BCUT2D eigenvalue weighted by molar-refractivity contribution is 0.0695. The Bertz CT molecular complexity index is 956. The van der Waals surface area contributed by atoms with Crippen molar-refractivity contribution in [1.29, 1.82) is 0 Å². The first-order valence-corrected chi connectivity index (χ1v) is 10.3. The molecule has 3 rings (SSSR count). The zero-order valence-electron chi connectivity index (χ0n) is 17.2. The maximum atomic E-state index is 14.7. The largest absolute Gasteiger partial charge is 0.477 e. The van der Waals surface area contributed by atoms with Crippen LogP contribution in [0.4, 0.5) is 10.2 Å². The second-order valence-electron chi connectivity index (χ2n) is 7.57. The van der Waals surface area contributed by atoms with Crippen molar-refractivity contribution >= 4 is 22.8 Å². The minimum absolute atomic E-state index is 0.0366. The van der Waals surface area contributed by atoms with Crippen LogP contribution in [0.1, 0.15) is 28.8 Å². The zero-order chi connectivity index (χ0) is 21.7. The van der Waals surface area contributed by atoms with E-state index in [4.69, 9.17) is 10.8 Å². The van der Waals surface area contributed by atoms with E-state index in [1.165, 1.54) is 6.92 Å². The summed E-state index contributed by atoms with van der Waals surface area (Å²) in [7, 11) is 0. The van der Waals surface area contributed by atoms with Crippen LogP contribution < -0.4 is 16.5 Å². The number of halogens is 1. The van der Waals surface area contributed by atoms with Crippen LogP contribution in [-0.4, -0.2) is 83.2 Å². The van der Waals surface area contributed by atoms with Crippen molar-refractivity contribution < 1.29 is 14.3 Å². The number of hydrogen-bond acceptors (Lipinski definition) is 7. The van der Waals surface area contributed by atoms with Crippen LogP contribution in [0, 0.1) is 12.7 Å². The number of hydrogen-bond donors (Lipinski definition) is 4. The molecule has 0 spiro atoms. The molecule has 10 heteroatoms. The summed E-state index contributed by atoms with van der Waals surface area (Å²) in [4.78, 5) is 35.1. The van der Waals surface area contributed by atoms with Crippen molar-refractivity contribution in [2.24, 2.45) is 5.73 Å². The van der Waals surface area contributed by atoms with Crippen molar-refractivity contribution in [3.05, 3.63) is 33.4 Å². The highest BCUT2D eigenvalue weighted by molar-refractivity contribution is 5.92. The number of fused-ring (bicyclic) bond motifs is 1. The van der Waals surface area contributed by atoms with E-state index < -0.39 is 22.8 Å². The second-order valence-corrected chi connectivity index (χ2v) is 7.57. The number of anilines is 1. The number of piperazine rings is 1. The number of carboxylic acids is 1. The van der Waals surface area contributed by atoms with E-state index in [1.807, 2.05) is 0 Å². The fourth-order valence-electron chi connectivity index (χ4n) is 3.74. The van der Waals surface area contributed by atoms with Gasteiger partial charge in [-0.15, -0.1) is 0 Å². The highest BCUT2D eigenvalue weighted by Crippen LogP contribution is 2.21. The fraction of sp³-hybridized carbons (Fsp3) is 0.550. The number of aromatic amines is 1. The minimum atomic E-state index is -1.36. The molecule has 0 saturated carbocycles. The number of nitrogens with two attached hydrogens (primary N) is 1. The maximum Gasteiger partial charge on any atom is 0.341 e. The molecule has 3 heterocycles. The first kappa shape index (κ1) is 22.1. The number of aromatic carboxylic acids is 1. The normalized spacial score (nSPS) is 15.6. The van der Waals surface area contributed by atoms with Crippen molar-refractivity contribution in [3.63, 3.8) is 0 Å². The Hall–Kier alpha value is -2.56. The Morgan fingerprint density at radius 2 is 1.90 bits per heavy atom. The van der Waals surface area contributed by atoms with Gasteiger partial charge in [-0.25, -0.2) is 14.2 Å². The molecule has 0 aliphatic carbocycles. The van der Waals surface area contributed by atoms with E-state index >= 15 is 0 Å². The van der Waals surface area contributed by atoms with Crippen LogP contribution in [0.2, 0.25) is 0 Å². The number of pyridine rings is 2. The van der Waals surface area contributed by atoms with Gasteiger partial charge in [0.1, 0.15) is 11.2 Å². The monoisotopic (exact) mass is 420 g/mol. The Labute approximate surface area is 174 Å². The summed E-state index contributed by atoms with van der Waals surface area (Å²) >= 11 is 0. The molecule has 0 radical (unpaired) electrons. The van der Waals surface area contributed by atoms with E-state index in [0.29, 0.717) is 6.54 Å². The van der Waals surface area contributed by atoms with Gasteiger partial charge in [-0.1, -0.05) is 0 Å². The summed E-state index contributed by atoms with van der Waals surface area (Å²) in [6.45, 7) is 8.78. The molecule has 2 aromatic heterocycles. The average Bonchev–Trinajstić information content (AvgIpc) is 2.73. The van der Waals surface area contributed by atoms with Crippen LogP contribution in [0.25, 0.3) is 11.0 Å². The van der Waals surface area contributed by atoms with Gasteiger partial charge in [0.05, 0.1) is 5.39 Å². The molecule has 0 atom stereocenters. The predicted octanol–water partition coefficient (Wildman–Crippen LogP) is 0.837. The molecule has 9 nitrogen and oxygen atoms in total. The number of nitrogens with zero attached hydrogens (tertiary/aromatic N) is 3. The molecule has 1 aliphatic heterocycles. The highest BCUT2D eigenvalue weighted by Gasteiger charge is 2.19. The number of aromatic nitrogens is 2. The van der Waals surface area contributed by atoms with E-state index in [9.17, 15) is 14.0 Å². The van der Waals surface area contributed by atoms with Crippen molar-refractivity contribution in [2.75, 3.05) is 57.7 Å².